The molecule has 0 bridgehead atoms. The van der Waals surface area contributed by atoms with Crippen molar-refractivity contribution in [1.29, 1.82) is 0 Å². The number of para-hydroxylation sites is 1. The molecule has 2 aliphatic rings. The van der Waals surface area contributed by atoms with Crippen molar-refractivity contribution in [3.05, 3.63) is 41.2 Å². The minimum absolute atomic E-state index is 0.341. The van der Waals surface area contributed by atoms with Gasteiger partial charge in [0.25, 0.3) is 0 Å². The number of hydrogen-bond donors (Lipinski definition) is 2. The molecular weight excluding hydrogens is 278 g/mol. The predicted octanol–water partition coefficient (Wildman–Crippen LogP) is 2.74. The Labute approximate surface area is 130 Å². The Morgan fingerprint density at radius 3 is 3.18 bits per heavy atom. The Hall–Kier alpha value is -2.01. The van der Waals surface area contributed by atoms with Crippen LogP contribution in [0, 0.1) is 0 Å². The number of hydrogen-bond acceptors (Lipinski definition) is 4. The van der Waals surface area contributed by atoms with E-state index in [-0.39, 0.29) is 0 Å². The van der Waals surface area contributed by atoms with Gasteiger partial charge in [0.1, 0.15) is 0 Å². The molecule has 1 aliphatic heterocycles. The van der Waals surface area contributed by atoms with Gasteiger partial charge in [0.2, 0.25) is 0 Å². The van der Waals surface area contributed by atoms with Crippen LogP contribution in [-0.4, -0.2) is 23.4 Å². The molecule has 5 nitrogen and oxygen atoms in total. The summed E-state index contributed by atoms with van der Waals surface area (Å²) >= 11 is 0. The molecule has 1 aliphatic carbocycles. The number of fused-ring (bicyclic) bond motifs is 2. The molecule has 0 spiro atoms. The molecule has 2 aromatic rings. The molecule has 0 saturated carbocycles. The third-order valence-corrected chi connectivity index (χ3v) is 4.43. The zero-order valence-corrected chi connectivity index (χ0v) is 12.6. The first-order chi connectivity index (χ1) is 10.9. The van der Waals surface area contributed by atoms with E-state index in [2.05, 4.69) is 21.6 Å². The van der Waals surface area contributed by atoms with Crippen LogP contribution in [0.3, 0.4) is 0 Å². The van der Waals surface area contributed by atoms with Crippen LogP contribution in [0.25, 0.3) is 0 Å². The van der Waals surface area contributed by atoms with Gasteiger partial charge in [-0.3, -0.25) is 5.10 Å². The van der Waals surface area contributed by atoms with E-state index in [0.717, 1.165) is 56.1 Å². The molecule has 5 heteroatoms. The maximum atomic E-state index is 5.89. The van der Waals surface area contributed by atoms with Crippen LogP contribution in [0.15, 0.2) is 24.4 Å². The first-order valence-electron chi connectivity index (χ1n) is 8.05. The molecule has 2 heterocycles. The fourth-order valence-corrected chi connectivity index (χ4v) is 3.29. The number of aromatic nitrogens is 2. The van der Waals surface area contributed by atoms with Gasteiger partial charge in [-0.1, -0.05) is 12.1 Å². The normalized spacial score (nSPS) is 20.3. The van der Waals surface area contributed by atoms with Crippen molar-refractivity contribution in [2.24, 2.45) is 0 Å². The Balaban J connectivity index is 1.51. The van der Waals surface area contributed by atoms with Crippen LogP contribution in [-0.2, 0) is 13.0 Å². The quantitative estimate of drug-likeness (QED) is 0.915. The second kappa shape index (κ2) is 6.01. The van der Waals surface area contributed by atoms with Crippen LogP contribution in [0.2, 0.25) is 0 Å². The molecular formula is C17H21N3O2. The molecule has 0 amide bonds. The minimum atomic E-state index is 0.341. The van der Waals surface area contributed by atoms with E-state index in [1.54, 1.807) is 0 Å². The first kappa shape index (κ1) is 13.6. The van der Waals surface area contributed by atoms with Crippen molar-refractivity contribution in [3.8, 4) is 11.5 Å². The summed E-state index contributed by atoms with van der Waals surface area (Å²) in [5.41, 5.74) is 3.74. The zero-order valence-electron chi connectivity index (χ0n) is 12.6. The number of aryl methyl sites for hydroxylation is 1. The summed E-state index contributed by atoms with van der Waals surface area (Å²) in [6, 6.07) is 6.47. The Bertz CT molecular complexity index is 653. The first-order valence-corrected chi connectivity index (χ1v) is 8.05. The minimum Gasteiger partial charge on any atom is -0.490 e. The molecule has 1 aromatic heterocycles. The Morgan fingerprint density at radius 1 is 1.23 bits per heavy atom. The largest absolute Gasteiger partial charge is 0.490 e. The topological polar surface area (TPSA) is 59.2 Å². The number of nitrogens with zero attached hydrogens (tertiary/aromatic N) is 1. The van der Waals surface area contributed by atoms with E-state index in [1.807, 2.05) is 18.3 Å². The molecule has 1 aromatic carbocycles. The van der Waals surface area contributed by atoms with Crippen molar-refractivity contribution in [3.63, 3.8) is 0 Å². The summed E-state index contributed by atoms with van der Waals surface area (Å²) < 4.78 is 11.6. The number of rotatable bonds is 3. The van der Waals surface area contributed by atoms with Gasteiger partial charge in [-0.2, -0.15) is 5.10 Å². The highest BCUT2D eigenvalue weighted by atomic mass is 16.5. The van der Waals surface area contributed by atoms with Crippen LogP contribution < -0.4 is 14.8 Å². The second-order valence-electron chi connectivity index (χ2n) is 5.93. The number of benzene rings is 1. The number of ether oxygens (including phenoxy) is 2. The number of H-pyrrole nitrogens is 1. The summed E-state index contributed by atoms with van der Waals surface area (Å²) in [5.74, 6) is 1.76. The van der Waals surface area contributed by atoms with Gasteiger partial charge in [-0.15, -0.1) is 0 Å². The smallest absolute Gasteiger partial charge is 0.165 e. The van der Waals surface area contributed by atoms with Gasteiger partial charge in [-0.05, 0) is 30.9 Å². The second-order valence-corrected chi connectivity index (χ2v) is 5.93. The molecule has 0 saturated heterocycles. The summed E-state index contributed by atoms with van der Waals surface area (Å²) in [5, 5.41) is 11.0. The third kappa shape index (κ3) is 2.57. The predicted molar refractivity (Wildman–Crippen MR) is 83.2 cm³/mol. The van der Waals surface area contributed by atoms with Crippen LogP contribution >= 0.6 is 0 Å². The maximum absolute atomic E-state index is 5.89. The molecule has 0 radical (unpaired) electrons. The fourth-order valence-electron chi connectivity index (χ4n) is 3.29. The van der Waals surface area contributed by atoms with E-state index in [9.17, 15) is 0 Å². The van der Waals surface area contributed by atoms with Gasteiger partial charge >= 0.3 is 0 Å². The SMILES string of the molecule is c1cc(CNC2CCCc3cn[nH]c32)c2c(c1)OCCCO2. The van der Waals surface area contributed by atoms with Gasteiger partial charge < -0.3 is 14.8 Å². The highest BCUT2D eigenvalue weighted by Crippen LogP contribution is 2.34. The zero-order chi connectivity index (χ0) is 14.8. The van der Waals surface area contributed by atoms with E-state index >= 15 is 0 Å². The lowest BCUT2D eigenvalue weighted by atomic mass is 9.93. The van der Waals surface area contributed by atoms with E-state index in [4.69, 9.17) is 9.47 Å². The fraction of sp³-hybridized carbons (Fsp3) is 0.471. The molecule has 22 heavy (non-hydrogen) atoms. The maximum Gasteiger partial charge on any atom is 0.165 e. The van der Waals surface area contributed by atoms with E-state index in [1.165, 1.54) is 17.7 Å². The van der Waals surface area contributed by atoms with Crippen LogP contribution in [0.5, 0.6) is 11.5 Å². The Morgan fingerprint density at radius 2 is 2.18 bits per heavy atom. The van der Waals surface area contributed by atoms with Crippen molar-refractivity contribution >= 4 is 0 Å². The van der Waals surface area contributed by atoms with Crippen molar-refractivity contribution < 1.29 is 9.47 Å². The Kier molecular flexibility index (Phi) is 3.72. The highest BCUT2D eigenvalue weighted by Gasteiger charge is 2.22. The van der Waals surface area contributed by atoms with Gasteiger partial charge in [0, 0.05) is 24.6 Å². The van der Waals surface area contributed by atoms with Gasteiger partial charge in [-0.25, -0.2) is 0 Å². The standard InChI is InChI=1S/C17H21N3O2/c1-4-12-11-19-20-16(12)14(6-1)18-10-13-5-2-7-15-17(13)22-9-3-8-21-15/h2,5,7,11,14,18H,1,3-4,6,8-10H2,(H,19,20). The van der Waals surface area contributed by atoms with Crippen molar-refractivity contribution in [2.75, 3.05) is 13.2 Å². The summed E-state index contributed by atoms with van der Waals surface area (Å²) in [4.78, 5) is 0. The summed E-state index contributed by atoms with van der Waals surface area (Å²) in [7, 11) is 0. The molecule has 116 valence electrons. The molecule has 1 atom stereocenters. The van der Waals surface area contributed by atoms with Gasteiger partial charge in [0.15, 0.2) is 11.5 Å². The molecule has 0 fully saturated rings. The average Bonchev–Trinajstić information content (AvgIpc) is 2.90. The molecule has 1 unspecified atom stereocenters. The van der Waals surface area contributed by atoms with Crippen LogP contribution in [0.4, 0.5) is 0 Å². The van der Waals surface area contributed by atoms with E-state index < -0.39 is 0 Å². The monoisotopic (exact) mass is 299 g/mol. The van der Waals surface area contributed by atoms with Crippen LogP contribution in [0.1, 0.15) is 42.1 Å². The lowest BCUT2D eigenvalue weighted by molar-refractivity contribution is 0.295. The number of nitrogens with one attached hydrogen (secondary N) is 2. The van der Waals surface area contributed by atoms with E-state index in [0.29, 0.717) is 6.04 Å². The average molecular weight is 299 g/mol. The lowest BCUT2D eigenvalue weighted by Crippen LogP contribution is -2.25. The summed E-state index contributed by atoms with van der Waals surface area (Å²) in [6.45, 7) is 2.22. The molecule has 2 N–H and O–H groups in total. The van der Waals surface area contributed by atoms with Gasteiger partial charge in [0.05, 0.1) is 25.1 Å². The third-order valence-electron chi connectivity index (χ3n) is 4.43. The number of aromatic amines is 1. The lowest BCUT2D eigenvalue weighted by Gasteiger charge is -2.23. The summed E-state index contributed by atoms with van der Waals surface area (Å²) in [6.07, 6.45) is 6.36. The highest BCUT2D eigenvalue weighted by molar-refractivity contribution is 5.47. The van der Waals surface area contributed by atoms with Crippen molar-refractivity contribution in [1.82, 2.24) is 15.5 Å². The molecule has 4 rings (SSSR count). The van der Waals surface area contributed by atoms with Crippen molar-refractivity contribution in [2.45, 2.75) is 38.3 Å².